The first-order chi connectivity index (χ1) is 9.70. The van der Waals surface area contributed by atoms with Crippen molar-refractivity contribution in [2.45, 2.75) is 31.7 Å². The molecule has 1 atom stereocenters. The number of likely N-dealkylation sites (N-methyl/N-ethyl adjacent to an activating group) is 2. The molecule has 0 radical (unpaired) electrons. The Labute approximate surface area is 122 Å². The average Bonchev–Trinajstić information content (AvgIpc) is 3.31. The molecule has 4 nitrogen and oxygen atoms in total. The predicted octanol–water partition coefficient (Wildman–Crippen LogP) is 1.31. The van der Waals surface area contributed by atoms with Crippen molar-refractivity contribution in [3.63, 3.8) is 0 Å². The van der Waals surface area contributed by atoms with E-state index in [1.54, 1.807) is 0 Å². The highest BCUT2D eigenvalue weighted by Crippen LogP contribution is 2.39. The summed E-state index contributed by atoms with van der Waals surface area (Å²) in [5, 5.41) is 13.4. The van der Waals surface area contributed by atoms with Gasteiger partial charge in [0.05, 0.1) is 12.1 Å². The van der Waals surface area contributed by atoms with Gasteiger partial charge in [-0.25, -0.2) is 0 Å². The first-order valence-corrected chi connectivity index (χ1v) is 7.64. The molecule has 0 spiro atoms. The van der Waals surface area contributed by atoms with Crippen LogP contribution in [0.3, 0.4) is 0 Å². The number of aliphatic hydroxyl groups excluding tert-OH is 1. The minimum Gasteiger partial charge on any atom is -0.394 e. The molecular formula is C16H27N3O. The molecule has 1 aliphatic carbocycles. The van der Waals surface area contributed by atoms with Crippen LogP contribution in [0.15, 0.2) is 24.4 Å². The first-order valence-electron chi connectivity index (χ1n) is 7.64. The molecule has 1 heterocycles. The van der Waals surface area contributed by atoms with Crippen LogP contribution in [0.1, 0.15) is 25.5 Å². The molecule has 1 aromatic heterocycles. The van der Waals surface area contributed by atoms with Gasteiger partial charge in [-0.3, -0.25) is 4.98 Å². The van der Waals surface area contributed by atoms with E-state index in [9.17, 15) is 5.11 Å². The molecule has 0 aromatic carbocycles. The molecule has 20 heavy (non-hydrogen) atoms. The summed E-state index contributed by atoms with van der Waals surface area (Å²) in [7, 11) is 2.13. The normalized spacial score (nSPS) is 18.2. The maximum absolute atomic E-state index is 9.85. The van der Waals surface area contributed by atoms with Crippen LogP contribution < -0.4 is 5.32 Å². The Morgan fingerprint density at radius 3 is 2.80 bits per heavy atom. The van der Waals surface area contributed by atoms with Crippen LogP contribution >= 0.6 is 0 Å². The van der Waals surface area contributed by atoms with Crippen LogP contribution in [-0.2, 0) is 6.42 Å². The highest BCUT2D eigenvalue weighted by atomic mass is 16.3. The Hall–Kier alpha value is -0.970. The summed E-state index contributed by atoms with van der Waals surface area (Å²) in [6.45, 7) is 5.11. The predicted molar refractivity (Wildman–Crippen MR) is 81.7 cm³/mol. The third-order valence-corrected chi connectivity index (χ3v) is 4.20. The minimum atomic E-state index is -0.117. The van der Waals surface area contributed by atoms with Crippen LogP contribution in [0, 0.1) is 5.92 Å². The number of pyridine rings is 1. The van der Waals surface area contributed by atoms with Gasteiger partial charge < -0.3 is 15.3 Å². The number of hydrogen-bond donors (Lipinski definition) is 2. The van der Waals surface area contributed by atoms with Gasteiger partial charge in [0.1, 0.15) is 0 Å². The van der Waals surface area contributed by atoms with E-state index in [4.69, 9.17) is 0 Å². The van der Waals surface area contributed by atoms with Crippen molar-refractivity contribution >= 4 is 0 Å². The van der Waals surface area contributed by atoms with Gasteiger partial charge in [-0.1, -0.05) is 13.0 Å². The Morgan fingerprint density at radius 1 is 1.45 bits per heavy atom. The van der Waals surface area contributed by atoms with Crippen molar-refractivity contribution in [2.24, 2.45) is 5.92 Å². The zero-order valence-corrected chi connectivity index (χ0v) is 12.7. The SMILES string of the molecule is CCNC(CO)(CN(C)CCc1ccccn1)C1CC1. The van der Waals surface area contributed by atoms with E-state index < -0.39 is 0 Å². The van der Waals surface area contributed by atoms with Gasteiger partial charge in [-0.05, 0) is 44.5 Å². The molecular weight excluding hydrogens is 250 g/mol. The molecule has 2 N–H and O–H groups in total. The lowest BCUT2D eigenvalue weighted by Gasteiger charge is -2.37. The van der Waals surface area contributed by atoms with Crippen LogP contribution in [0.25, 0.3) is 0 Å². The second-order valence-electron chi connectivity index (χ2n) is 5.93. The van der Waals surface area contributed by atoms with Gasteiger partial charge >= 0.3 is 0 Å². The van der Waals surface area contributed by atoms with E-state index in [-0.39, 0.29) is 12.1 Å². The second kappa shape index (κ2) is 7.16. The molecule has 1 aromatic rings. The summed E-state index contributed by atoms with van der Waals surface area (Å²) in [4.78, 5) is 6.67. The quantitative estimate of drug-likeness (QED) is 0.714. The summed E-state index contributed by atoms with van der Waals surface area (Å²) in [5.74, 6) is 0.629. The second-order valence-corrected chi connectivity index (χ2v) is 5.93. The van der Waals surface area contributed by atoms with Crippen molar-refractivity contribution in [1.82, 2.24) is 15.2 Å². The highest BCUT2D eigenvalue weighted by molar-refractivity contribution is 5.05. The number of nitrogens with zero attached hydrogens (tertiary/aromatic N) is 2. The number of aromatic nitrogens is 1. The number of rotatable bonds is 9. The van der Waals surface area contributed by atoms with E-state index in [2.05, 4.69) is 35.2 Å². The Balaban J connectivity index is 1.86. The number of hydrogen-bond acceptors (Lipinski definition) is 4. The third-order valence-electron chi connectivity index (χ3n) is 4.20. The van der Waals surface area contributed by atoms with Crippen molar-refractivity contribution < 1.29 is 5.11 Å². The lowest BCUT2D eigenvalue weighted by molar-refractivity contribution is 0.103. The van der Waals surface area contributed by atoms with Gasteiger partial charge in [0.25, 0.3) is 0 Å². The van der Waals surface area contributed by atoms with Crippen molar-refractivity contribution in [3.8, 4) is 0 Å². The molecule has 1 unspecified atom stereocenters. The summed E-state index contributed by atoms with van der Waals surface area (Å²) in [6, 6.07) is 6.05. The molecule has 1 aliphatic rings. The molecule has 4 heteroatoms. The zero-order valence-electron chi connectivity index (χ0n) is 12.7. The van der Waals surface area contributed by atoms with E-state index in [0.717, 1.165) is 31.7 Å². The molecule has 0 aliphatic heterocycles. The van der Waals surface area contributed by atoms with Gasteiger partial charge in [-0.15, -0.1) is 0 Å². The maximum Gasteiger partial charge on any atom is 0.0628 e. The fraction of sp³-hybridized carbons (Fsp3) is 0.688. The Morgan fingerprint density at radius 2 is 2.25 bits per heavy atom. The lowest BCUT2D eigenvalue weighted by atomic mass is 9.93. The van der Waals surface area contributed by atoms with Crippen molar-refractivity contribution in [3.05, 3.63) is 30.1 Å². The molecule has 1 fully saturated rings. The van der Waals surface area contributed by atoms with E-state index in [1.807, 2.05) is 18.3 Å². The highest BCUT2D eigenvalue weighted by Gasteiger charge is 2.44. The summed E-state index contributed by atoms with van der Waals surface area (Å²) < 4.78 is 0. The van der Waals surface area contributed by atoms with Gasteiger partial charge in [0, 0.05) is 31.4 Å². The van der Waals surface area contributed by atoms with E-state index in [0.29, 0.717) is 5.92 Å². The topological polar surface area (TPSA) is 48.4 Å². The van der Waals surface area contributed by atoms with Gasteiger partial charge in [-0.2, -0.15) is 0 Å². The maximum atomic E-state index is 9.85. The zero-order chi connectivity index (χ0) is 14.4. The summed E-state index contributed by atoms with van der Waals surface area (Å²) >= 11 is 0. The molecule has 2 rings (SSSR count). The average molecular weight is 277 g/mol. The Bertz CT molecular complexity index is 394. The fourth-order valence-electron chi connectivity index (χ4n) is 2.96. The van der Waals surface area contributed by atoms with E-state index >= 15 is 0 Å². The van der Waals surface area contributed by atoms with Gasteiger partial charge in [0.15, 0.2) is 0 Å². The van der Waals surface area contributed by atoms with Crippen molar-refractivity contribution in [2.75, 3.05) is 33.3 Å². The third kappa shape index (κ3) is 4.01. The van der Waals surface area contributed by atoms with Crippen LogP contribution in [-0.4, -0.2) is 53.8 Å². The largest absolute Gasteiger partial charge is 0.394 e. The summed E-state index contributed by atoms with van der Waals surface area (Å²) in [6.07, 6.45) is 5.27. The fourth-order valence-corrected chi connectivity index (χ4v) is 2.96. The molecule has 0 saturated heterocycles. The van der Waals surface area contributed by atoms with Crippen LogP contribution in [0.5, 0.6) is 0 Å². The summed E-state index contributed by atoms with van der Waals surface area (Å²) in [5.41, 5.74) is 1.01. The number of aliphatic hydroxyl groups is 1. The van der Waals surface area contributed by atoms with Crippen molar-refractivity contribution in [1.29, 1.82) is 0 Å². The molecule has 0 bridgehead atoms. The first kappa shape index (κ1) is 15.4. The van der Waals surface area contributed by atoms with Crippen LogP contribution in [0.2, 0.25) is 0 Å². The molecule has 112 valence electrons. The smallest absolute Gasteiger partial charge is 0.0628 e. The van der Waals surface area contributed by atoms with Crippen LogP contribution in [0.4, 0.5) is 0 Å². The number of nitrogens with one attached hydrogen (secondary N) is 1. The van der Waals surface area contributed by atoms with Gasteiger partial charge in [0.2, 0.25) is 0 Å². The monoisotopic (exact) mass is 277 g/mol. The lowest BCUT2D eigenvalue weighted by Crippen LogP contribution is -2.57. The molecule has 0 amide bonds. The molecule has 1 saturated carbocycles. The minimum absolute atomic E-state index is 0.117. The Kier molecular flexibility index (Phi) is 5.52. The standard InChI is InChI=1S/C16H27N3O/c1-3-18-16(13-20,14-7-8-14)12-19(2)11-9-15-6-4-5-10-17-15/h4-6,10,14,18,20H,3,7-9,11-13H2,1-2H3. The van der Waals surface area contributed by atoms with E-state index in [1.165, 1.54) is 12.8 Å².